The van der Waals surface area contributed by atoms with Gasteiger partial charge in [0.15, 0.2) is 0 Å². The van der Waals surface area contributed by atoms with Gasteiger partial charge in [0.05, 0.1) is 26.4 Å². The Bertz CT molecular complexity index is 419. The Hall–Kier alpha value is -0.530. The molecule has 1 spiro atoms. The fraction of sp³-hybridized carbons (Fsp3) is 0.800. The van der Waals surface area contributed by atoms with Gasteiger partial charge in [-0.3, -0.25) is 9.80 Å². The van der Waals surface area contributed by atoms with E-state index in [-0.39, 0.29) is 5.54 Å². The minimum absolute atomic E-state index is 0.232. The van der Waals surface area contributed by atoms with Crippen molar-refractivity contribution in [1.82, 2.24) is 14.8 Å². The highest BCUT2D eigenvalue weighted by Gasteiger charge is 2.41. The smallest absolute Gasteiger partial charge is 0.107 e. The van der Waals surface area contributed by atoms with Crippen LogP contribution in [-0.2, 0) is 16.0 Å². The van der Waals surface area contributed by atoms with Crippen molar-refractivity contribution in [3.63, 3.8) is 0 Å². The van der Waals surface area contributed by atoms with Crippen LogP contribution in [0.2, 0.25) is 0 Å². The Morgan fingerprint density at radius 3 is 2.95 bits per heavy atom. The first-order valence-corrected chi connectivity index (χ1v) is 8.63. The molecule has 2 saturated heterocycles. The standard InChI is InChI=1S/C15H25N3O2S/c1-19-9-7-18-8-10-20-13-15(18)2-5-17(6-3-15)12-14-16-4-11-21-14/h4,11H,2-3,5-10,12-13H2,1H3. The number of likely N-dealkylation sites (tertiary alicyclic amines) is 1. The maximum atomic E-state index is 5.80. The predicted octanol–water partition coefficient (Wildman–Crippen LogP) is 1.46. The maximum absolute atomic E-state index is 5.80. The summed E-state index contributed by atoms with van der Waals surface area (Å²) in [5.74, 6) is 0. The lowest BCUT2D eigenvalue weighted by atomic mass is 9.85. The van der Waals surface area contributed by atoms with Gasteiger partial charge in [-0.05, 0) is 12.8 Å². The number of piperidine rings is 1. The van der Waals surface area contributed by atoms with E-state index in [1.54, 1.807) is 18.4 Å². The van der Waals surface area contributed by atoms with Gasteiger partial charge in [-0.1, -0.05) is 0 Å². The summed E-state index contributed by atoms with van der Waals surface area (Å²) in [6.45, 7) is 7.86. The van der Waals surface area contributed by atoms with Crippen molar-refractivity contribution in [2.45, 2.75) is 24.9 Å². The van der Waals surface area contributed by atoms with Crippen molar-refractivity contribution in [2.24, 2.45) is 0 Å². The van der Waals surface area contributed by atoms with Gasteiger partial charge in [-0.2, -0.15) is 0 Å². The first-order valence-electron chi connectivity index (χ1n) is 7.75. The predicted molar refractivity (Wildman–Crippen MR) is 83.6 cm³/mol. The van der Waals surface area contributed by atoms with Crippen LogP contribution >= 0.6 is 11.3 Å². The third kappa shape index (κ3) is 3.63. The quantitative estimate of drug-likeness (QED) is 0.823. The van der Waals surface area contributed by atoms with E-state index < -0.39 is 0 Å². The van der Waals surface area contributed by atoms with Crippen LogP contribution in [0.1, 0.15) is 17.8 Å². The Morgan fingerprint density at radius 1 is 1.38 bits per heavy atom. The summed E-state index contributed by atoms with van der Waals surface area (Å²) in [4.78, 5) is 9.51. The number of aromatic nitrogens is 1. The molecule has 0 atom stereocenters. The van der Waals surface area contributed by atoms with Crippen LogP contribution in [0.25, 0.3) is 0 Å². The second-order valence-electron chi connectivity index (χ2n) is 5.96. The maximum Gasteiger partial charge on any atom is 0.107 e. The number of nitrogens with zero attached hydrogens (tertiary/aromatic N) is 3. The van der Waals surface area contributed by atoms with Gasteiger partial charge in [0, 0.05) is 50.4 Å². The van der Waals surface area contributed by atoms with E-state index in [1.807, 2.05) is 6.20 Å². The van der Waals surface area contributed by atoms with Crippen LogP contribution in [0.15, 0.2) is 11.6 Å². The first-order chi connectivity index (χ1) is 10.3. The average molecular weight is 311 g/mol. The molecule has 6 heteroatoms. The van der Waals surface area contributed by atoms with E-state index >= 15 is 0 Å². The van der Waals surface area contributed by atoms with Crippen molar-refractivity contribution in [1.29, 1.82) is 0 Å². The van der Waals surface area contributed by atoms with E-state index in [0.29, 0.717) is 0 Å². The SMILES string of the molecule is COCCN1CCOCC12CCN(Cc1nccs1)CC2. The van der Waals surface area contributed by atoms with E-state index in [1.165, 1.54) is 17.8 Å². The Morgan fingerprint density at radius 2 is 2.24 bits per heavy atom. The van der Waals surface area contributed by atoms with Crippen molar-refractivity contribution in [3.8, 4) is 0 Å². The minimum Gasteiger partial charge on any atom is -0.383 e. The monoisotopic (exact) mass is 311 g/mol. The lowest BCUT2D eigenvalue weighted by molar-refractivity contribution is -0.100. The molecule has 0 radical (unpaired) electrons. The molecule has 2 aliphatic rings. The average Bonchev–Trinajstić information content (AvgIpc) is 3.02. The summed E-state index contributed by atoms with van der Waals surface area (Å²) < 4.78 is 11.1. The van der Waals surface area contributed by atoms with Gasteiger partial charge >= 0.3 is 0 Å². The summed E-state index contributed by atoms with van der Waals surface area (Å²) in [6, 6.07) is 0. The van der Waals surface area contributed by atoms with Gasteiger partial charge < -0.3 is 9.47 Å². The van der Waals surface area contributed by atoms with Crippen LogP contribution in [0, 0.1) is 0 Å². The highest BCUT2D eigenvalue weighted by Crippen LogP contribution is 2.32. The Kier molecular flexibility index (Phi) is 5.24. The summed E-state index contributed by atoms with van der Waals surface area (Å²) >= 11 is 1.75. The van der Waals surface area contributed by atoms with Crippen LogP contribution < -0.4 is 0 Å². The molecule has 1 aromatic rings. The second-order valence-corrected chi connectivity index (χ2v) is 6.94. The van der Waals surface area contributed by atoms with Crippen molar-refractivity contribution in [2.75, 3.05) is 53.1 Å². The molecule has 3 heterocycles. The number of methoxy groups -OCH3 is 1. The van der Waals surface area contributed by atoms with E-state index in [0.717, 1.165) is 52.5 Å². The molecule has 0 amide bonds. The van der Waals surface area contributed by atoms with E-state index in [2.05, 4.69) is 20.2 Å². The highest BCUT2D eigenvalue weighted by atomic mass is 32.1. The molecule has 0 aliphatic carbocycles. The van der Waals surface area contributed by atoms with Crippen LogP contribution in [-0.4, -0.2) is 73.4 Å². The fourth-order valence-electron chi connectivity index (χ4n) is 3.43. The fourth-order valence-corrected chi connectivity index (χ4v) is 4.08. The molecular weight excluding hydrogens is 286 g/mol. The van der Waals surface area contributed by atoms with Crippen LogP contribution in [0.3, 0.4) is 0 Å². The number of ether oxygens (including phenoxy) is 2. The topological polar surface area (TPSA) is 37.8 Å². The number of rotatable bonds is 5. The molecule has 2 fully saturated rings. The lowest BCUT2D eigenvalue weighted by Crippen LogP contribution is -2.61. The normalized spacial score (nSPS) is 23.7. The van der Waals surface area contributed by atoms with Crippen molar-refractivity contribution in [3.05, 3.63) is 16.6 Å². The van der Waals surface area contributed by atoms with E-state index in [9.17, 15) is 0 Å². The Labute approximate surface area is 130 Å². The number of morpholine rings is 1. The summed E-state index contributed by atoms with van der Waals surface area (Å²) in [7, 11) is 1.78. The third-order valence-electron chi connectivity index (χ3n) is 4.74. The van der Waals surface area contributed by atoms with Gasteiger partial charge in [0.25, 0.3) is 0 Å². The zero-order valence-electron chi connectivity index (χ0n) is 12.8. The molecule has 2 aliphatic heterocycles. The number of thiazole rings is 1. The first kappa shape index (κ1) is 15.4. The van der Waals surface area contributed by atoms with Crippen LogP contribution in [0.4, 0.5) is 0 Å². The molecule has 0 unspecified atom stereocenters. The molecule has 118 valence electrons. The molecule has 0 saturated carbocycles. The second kappa shape index (κ2) is 7.15. The minimum atomic E-state index is 0.232. The van der Waals surface area contributed by atoms with Gasteiger partial charge in [0.1, 0.15) is 5.01 Å². The van der Waals surface area contributed by atoms with Gasteiger partial charge in [-0.25, -0.2) is 4.98 Å². The van der Waals surface area contributed by atoms with Crippen LogP contribution in [0.5, 0.6) is 0 Å². The highest BCUT2D eigenvalue weighted by molar-refractivity contribution is 7.09. The summed E-state index contributed by atoms with van der Waals surface area (Å²) in [5.41, 5.74) is 0.232. The van der Waals surface area contributed by atoms with Crippen molar-refractivity contribution < 1.29 is 9.47 Å². The molecule has 0 aromatic carbocycles. The summed E-state index contributed by atoms with van der Waals surface area (Å²) in [5, 5.41) is 3.28. The molecule has 3 rings (SSSR count). The zero-order chi connectivity index (χ0) is 14.5. The molecule has 0 bridgehead atoms. The summed E-state index contributed by atoms with van der Waals surface area (Å²) in [6.07, 6.45) is 4.26. The largest absolute Gasteiger partial charge is 0.383 e. The zero-order valence-corrected chi connectivity index (χ0v) is 13.6. The van der Waals surface area contributed by atoms with Crippen molar-refractivity contribution >= 4 is 11.3 Å². The molecule has 21 heavy (non-hydrogen) atoms. The van der Waals surface area contributed by atoms with Gasteiger partial charge in [-0.15, -0.1) is 11.3 Å². The molecule has 1 aromatic heterocycles. The number of hydrogen-bond donors (Lipinski definition) is 0. The van der Waals surface area contributed by atoms with Gasteiger partial charge in [0.2, 0.25) is 0 Å². The molecular formula is C15H25N3O2S. The Balaban J connectivity index is 1.56. The lowest BCUT2D eigenvalue weighted by Gasteiger charge is -2.51. The molecule has 0 N–H and O–H groups in total. The molecule has 5 nitrogen and oxygen atoms in total. The third-order valence-corrected chi connectivity index (χ3v) is 5.51. The van der Waals surface area contributed by atoms with E-state index in [4.69, 9.17) is 9.47 Å². The number of hydrogen-bond acceptors (Lipinski definition) is 6.